The maximum absolute atomic E-state index is 14.8. The van der Waals surface area contributed by atoms with Crippen molar-refractivity contribution in [1.29, 1.82) is 0 Å². The summed E-state index contributed by atoms with van der Waals surface area (Å²) in [5.41, 5.74) is 0.316. The van der Waals surface area contributed by atoms with Crippen molar-refractivity contribution >= 4 is 29.1 Å². The number of nitrogens with one attached hydrogen (secondary N) is 1. The first kappa shape index (κ1) is 17.6. The first-order chi connectivity index (χ1) is 12.0. The fraction of sp³-hybridized carbons (Fsp3) is 0.650. The minimum atomic E-state index is -0.376. The molecule has 1 unspecified atom stereocenters. The third-order valence-electron chi connectivity index (χ3n) is 6.79. The van der Waals surface area contributed by atoms with Gasteiger partial charge in [-0.2, -0.15) is 0 Å². The smallest absolute Gasteiger partial charge is 0.223 e. The molecular weight excluding hydrogens is 360 g/mol. The maximum atomic E-state index is 14.8. The lowest BCUT2D eigenvalue weighted by Crippen LogP contribution is -2.42. The van der Waals surface area contributed by atoms with Crippen LogP contribution in [0.15, 0.2) is 12.1 Å². The minimum absolute atomic E-state index is 0.0542. The number of benzene rings is 1. The topological polar surface area (TPSA) is 29.1 Å². The quantitative estimate of drug-likeness (QED) is 0.628. The Morgan fingerprint density at radius 3 is 2.44 bits per heavy atom. The van der Waals surface area contributed by atoms with Gasteiger partial charge in [-0.3, -0.25) is 4.79 Å². The largest absolute Gasteiger partial charge is 0.348 e. The molecule has 0 heterocycles. The summed E-state index contributed by atoms with van der Waals surface area (Å²) in [6, 6.07) is 2.48. The summed E-state index contributed by atoms with van der Waals surface area (Å²) in [4.78, 5) is 12.9. The minimum Gasteiger partial charge on any atom is -0.348 e. The van der Waals surface area contributed by atoms with Gasteiger partial charge in [0, 0.05) is 11.5 Å². The lowest BCUT2D eigenvalue weighted by Gasteiger charge is -2.38. The first-order valence-electron chi connectivity index (χ1n) is 9.44. The highest BCUT2D eigenvalue weighted by Crippen LogP contribution is 2.61. The number of halogens is 3. The summed E-state index contributed by atoms with van der Waals surface area (Å²) < 4.78 is 14.8. The zero-order valence-corrected chi connectivity index (χ0v) is 15.8. The molecule has 1 atom stereocenters. The molecule has 5 heteroatoms. The van der Waals surface area contributed by atoms with Gasteiger partial charge in [-0.15, -0.1) is 0 Å². The van der Waals surface area contributed by atoms with E-state index in [2.05, 4.69) is 5.32 Å². The van der Waals surface area contributed by atoms with E-state index in [1.807, 2.05) is 0 Å². The zero-order valence-electron chi connectivity index (χ0n) is 14.3. The Balaban J connectivity index is 1.72. The molecular formula is C20H24Cl2FNO. The number of rotatable bonds is 4. The molecule has 0 radical (unpaired) electrons. The van der Waals surface area contributed by atoms with Crippen molar-refractivity contribution in [2.24, 2.45) is 17.3 Å². The maximum Gasteiger partial charge on any atom is 0.223 e. The highest BCUT2D eigenvalue weighted by atomic mass is 35.5. The van der Waals surface area contributed by atoms with E-state index in [0.717, 1.165) is 57.8 Å². The van der Waals surface area contributed by atoms with Crippen molar-refractivity contribution in [2.75, 3.05) is 0 Å². The van der Waals surface area contributed by atoms with Gasteiger partial charge < -0.3 is 5.32 Å². The molecule has 2 bridgehead atoms. The molecule has 1 amide bonds. The van der Waals surface area contributed by atoms with Crippen LogP contribution in [0, 0.1) is 23.1 Å². The standard InChI is InChI=1S/C20H24Cl2FNO/c21-14-5-6-15(23)16(17(14)22)18(20-9-7-12(11-20)8-10-20)24-19(25)13-3-1-2-4-13/h5-6,12-13,18H,1-4,7-11H2,(H,24,25). The van der Waals surface area contributed by atoms with E-state index >= 15 is 0 Å². The molecule has 136 valence electrons. The molecule has 3 aliphatic rings. The fourth-order valence-electron chi connectivity index (χ4n) is 5.43. The van der Waals surface area contributed by atoms with Crippen LogP contribution in [0.2, 0.25) is 10.0 Å². The van der Waals surface area contributed by atoms with Crippen molar-refractivity contribution in [2.45, 2.75) is 63.8 Å². The summed E-state index contributed by atoms with van der Waals surface area (Å²) in [6.07, 6.45) is 9.48. The average molecular weight is 384 g/mol. The predicted molar refractivity (Wildman–Crippen MR) is 98.3 cm³/mol. The Morgan fingerprint density at radius 1 is 1.16 bits per heavy atom. The monoisotopic (exact) mass is 383 g/mol. The lowest BCUT2D eigenvalue weighted by molar-refractivity contribution is -0.126. The lowest BCUT2D eigenvalue weighted by atomic mass is 9.74. The average Bonchev–Trinajstić information content (AvgIpc) is 3.34. The van der Waals surface area contributed by atoms with Crippen LogP contribution in [-0.4, -0.2) is 5.91 Å². The van der Waals surface area contributed by atoms with E-state index < -0.39 is 0 Å². The molecule has 1 aromatic carbocycles. The van der Waals surface area contributed by atoms with E-state index in [4.69, 9.17) is 23.2 Å². The van der Waals surface area contributed by atoms with E-state index in [9.17, 15) is 9.18 Å². The van der Waals surface area contributed by atoms with Gasteiger partial charge in [-0.05, 0) is 68.4 Å². The third kappa shape index (κ3) is 3.08. The van der Waals surface area contributed by atoms with Gasteiger partial charge >= 0.3 is 0 Å². The Kier molecular flexibility index (Phi) is 4.74. The number of amides is 1. The van der Waals surface area contributed by atoms with Gasteiger partial charge in [0.2, 0.25) is 5.91 Å². The van der Waals surface area contributed by atoms with Gasteiger partial charge in [0.15, 0.2) is 0 Å². The fourth-order valence-corrected chi connectivity index (χ4v) is 5.86. The summed E-state index contributed by atoms with van der Waals surface area (Å²) in [6.45, 7) is 0. The summed E-state index contributed by atoms with van der Waals surface area (Å²) >= 11 is 12.6. The normalized spacial score (nSPS) is 30.0. The number of carbonyl (C=O) groups is 1. The second kappa shape index (κ2) is 6.74. The molecule has 3 fully saturated rings. The van der Waals surface area contributed by atoms with Crippen LogP contribution in [0.4, 0.5) is 4.39 Å². The van der Waals surface area contributed by atoms with E-state index in [-0.39, 0.29) is 34.1 Å². The molecule has 0 saturated heterocycles. The van der Waals surface area contributed by atoms with Gasteiger partial charge in [-0.25, -0.2) is 4.39 Å². The van der Waals surface area contributed by atoms with E-state index in [1.165, 1.54) is 12.1 Å². The van der Waals surface area contributed by atoms with Crippen LogP contribution in [0.5, 0.6) is 0 Å². The van der Waals surface area contributed by atoms with Gasteiger partial charge in [0.25, 0.3) is 0 Å². The van der Waals surface area contributed by atoms with Crippen molar-refractivity contribution in [3.8, 4) is 0 Å². The van der Waals surface area contributed by atoms with Gasteiger partial charge in [0.05, 0.1) is 16.1 Å². The van der Waals surface area contributed by atoms with Crippen molar-refractivity contribution in [3.63, 3.8) is 0 Å². The molecule has 3 saturated carbocycles. The van der Waals surface area contributed by atoms with Crippen LogP contribution < -0.4 is 5.32 Å². The van der Waals surface area contributed by atoms with Crippen LogP contribution in [0.3, 0.4) is 0 Å². The number of fused-ring (bicyclic) bond motifs is 2. The van der Waals surface area contributed by atoms with Crippen LogP contribution >= 0.6 is 23.2 Å². The van der Waals surface area contributed by atoms with Crippen molar-refractivity contribution in [3.05, 3.63) is 33.6 Å². The van der Waals surface area contributed by atoms with E-state index in [0.29, 0.717) is 16.5 Å². The molecule has 0 aromatic heterocycles. The Labute approximate surface area is 158 Å². The van der Waals surface area contributed by atoms with E-state index in [1.54, 1.807) is 0 Å². The zero-order chi connectivity index (χ0) is 17.6. The van der Waals surface area contributed by atoms with Crippen LogP contribution in [-0.2, 0) is 4.79 Å². The van der Waals surface area contributed by atoms with Gasteiger partial charge in [0.1, 0.15) is 5.82 Å². The summed E-state index contributed by atoms with van der Waals surface area (Å²) in [5, 5.41) is 3.82. The van der Waals surface area contributed by atoms with Crippen LogP contribution in [0.1, 0.15) is 69.4 Å². The van der Waals surface area contributed by atoms with Crippen molar-refractivity contribution < 1.29 is 9.18 Å². The molecule has 1 N–H and O–H groups in total. The SMILES string of the molecule is O=C(NC(c1c(F)ccc(Cl)c1Cl)C12CCC(CC1)C2)C1CCCC1. The second-order valence-electron chi connectivity index (χ2n) is 8.19. The highest BCUT2D eigenvalue weighted by molar-refractivity contribution is 6.42. The molecule has 1 aromatic rings. The third-order valence-corrected chi connectivity index (χ3v) is 7.61. The molecule has 0 aliphatic heterocycles. The molecule has 2 nitrogen and oxygen atoms in total. The Morgan fingerprint density at radius 2 is 1.84 bits per heavy atom. The summed E-state index contributed by atoms with van der Waals surface area (Å²) in [5.74, 6) is 0.448. The first-order valence-corrected chi connectivity index (χ1v) is 10.2. The Bertz CT molecular complexity index is 679. The predicted octanol–water partition coefficient (Wildman–Crippen LogP) is 6.06. The number of carbonyl (C=O) groups excluding carboxylic acids is 1. The number of hydrogen-bond acceptors (Lipinski definition) is 1. The molecule has 25 heavy (non-hydrogen) atoms. The number of hydrogen-bond donors (Lipinski definition) is 1. The van der Waals surface area contributed by atoms with Crippen molar-refractivity contribution in [1.82, 2.24) is 5.32 Å². The molecule has 0 spiro atoms. The summed E-state index contributed by atoms with van der Waals surface area (Å²) in [7, 11) is 0. The molecule has 4 rings (SSSR count). The molecule has 3 aliphatic carbocycles. The highest BCUT2D eigenvalue weighted by Gasteiger charge is 2.52. The second-order valence-corrected chi connectivity index (χ2v) is 8.97. The van der Waals surface area contributed by atoms with Gasteiger partial charge in [-0.1, -0.05) is 36.0 Å². The van der Waals surface area contributed by atoms with Crippen LogP contribution in [0.25, 0.3) is 0 Å². The Hall–Kier alpha value is -0.800.